The number of fused-ring (bicyclic) bond motifs is 1. The minimum absolute atomic E-state index is 0.130. The fraction of sp³-hybridized carbons (Fsp3) is 0.435. The second kappa shape index (κ2) is 10.00. The lowest BCUT2D eigenvalue weighted by Gasteiger charge is -2.36. The quantitative estimate of drug-likeness (QED) is 0.503. The first kappa shape index (κ1) is 23.4. The van der Waals surface area contributed by atoms with Gasteiger partial charge in [0, 0.05) is 38.4 Å². The van der Waals surface area contributed by atoms with E-state index in [4.69, 9.17) is 23.2 Å². The normalized spacial score (nSPS) is 18.2. The second-order valence-corrected chi connectivity index (χ2v) is 10.9. The molecule has 0 atom stereocenters. The van der Waals surface area contributed by atoms with E-state index in [-0.39, 0.29) is 17.0 Å². The smallest absolute Gasteiger partial charge is 0.269 e. The summed E-state index contributed by atoms with van der Waals surface area (Å²) in [6.45, 7) is 5.18. The summed E-state index contributed by atoms with van der Waals surface area (Å²) in [5.41, 5.74) is 1.39. The third kappa shape index (κ3) is 4.91. The van der Waals surface area contributed by atoms with Crippen molar-refractivity contribution in [2.24, 2.45) is 0 Å². The van der Waals surface area contributed by atoms with Gasteiger partial charge in [-0.3, -0.25) is 9.69 Å². The Kier molecular flexibility index (Phi) is 7.30. The minimum Gasteiger partial charge on any atom is -0.369 e. The van der Waals surface area contributed by atoms with Gasteiger partial charge in [-0.25, -0.2) is 12.7 Å². The number of anilines is 1. The van der Waals surface area contributed by atoms with Gasteiger partial charge in [0.05, 0.1) is 15.6 Å². The fourth-order valence-corrected chi connectivity index (χ4v) is 6.21. The van der Waals surface area contributed by atoms with Crippen LogP contribution < -0.4 is 4.90 Å². The SMILES string of the molecule is O=C1c2ccccc2S(=O)(=O)N1CCCCCCN1CCN(c2ccc(Cl)c(Cl)c2)CC1. The van der Waals surface area contributed by atoms with Crippen LogP contribution in [-0.2, 0) is 10.0 Å². The van der Waals surface area contributed by atoms with Crippen molar-refractivity contribution in [3.05, 3.63) is 58.1 Å². The molecule has 1 amide bonds. The predicted octanol–water partition coefficient (Wildman–Crippen LogP) is 4.52. The maximum Gasteiger partial charge on any atom is 0.269 e. The summed E-state index contributed by atoms with van der Waals surface area (Å²) in [6, 6.07) is 12.2. The van der Waals surface area contributed by atoms with Crippen LogP contribution in [0.1, 0.15) is 36.0 Å². The lowest BCUT2D eigenvalue weighted by Crippen LogP contribution is -2.46. The zero-order valence-electron chi connectivity index (χ0n) is 17.8. The third-order valence-corrected chi connectivity index (χ3v) is 8.72. The molecule has 0 radical (unpaired) electrons. The van der Waals surface area contributed by atoms with Crippen LogP contribution in [-0.4, -0.2) is 62.8 Å². The predicted molar refractivity (Wildman–Crippen MR) is 128 cm³/mol. The molecule has 1 saturated heterocycles. The molecular weight excluding hydrogens is 469 g/mol. The van der Waals surface area contributed by atoms with Crippen LogP contribution in [0.4, 0.5) is 5.69 Å². The highest BCUT2D eigenvalue weighted by Crippen LogP contribution is 2.30. The van der Waals surface area contributed by atoms with Gasteiger partial charge in [-0.05, 0) is 49.7 Å². The Labute approximate surface area is 199 Å². The number of sulfonamides is 1. The first-order chi connectivity index (χ1) is 15.4. The van der Waals surface area contributed by atoms with Crippen LogP contribution in [0.25, 0.3) is 0 Å². The van der Waals surface area contributed by atoms with E-state index in [1.165, 1.54) is 6.07 Å². The van der Waals surface area contributed by atoms with Gasteiger partial charge in [-0.15, -0.1) is 0 Å². The van der Waals surface area contributed by atoms with E-state index in [2.05, 4.69) is 9.80 Å². The van der Waals surface area contributed by atoms with E-state index < -0.39 is 15.9 Å². The topological polar surface area (TPSA) is 60.9 Å². The lowest BCUT2D eigenvalue weighted by atomic mass is 10.1. The van der Waals surface area contributed by atoms with Gasteiger partial charge >= 0.3 is 0 Å². The summed E-state index contributed by atoms with van der Waals surface area (Å²) in [5.74, 6) is -0.402. The molecule has 0 unspecified atom stereocenters. The van der Waals surface area contributed by atoms with Crippen LogP contribution in [0.5, 0.6) is 0 Å². The molecule has 2 aromatic carbocycles. The highest BCUT2D eigenvalue weighted by molar-refractivity contribution is 7.90. The van der Waals surface area contributed by atoms with Gasteiger partial charge in [0.2, 0.25) is 0 Å². The summed E-state index contributed by atoms with van der Waals surface area (Å²) in [6.07, 6.45) is 3.67. The number of benzene rings is 2. The summed E-state index contributed by atoms with van der Waals surface area (Å²) in [5, 5.41) is 1.16. The number of carbonyl (C=O) groups is 1. The number of piperazine rings is 1. The number of hydrogen-bond donors (Lipinski definition) is 0. The van der Waals surface area contributed by atoms with E-state index in [1.54, 1.807) is 18.2 Å². The zero-order valence-corrected chi connectivity index (χ0v) is 20.2. The van der Waals surface area contributed by atoms with Crippen molar-refractivity contribution in [2.45, 2.75) is 30.6 Å². The fourth-order valence-electron chi connectivity index (χ4n) is 4.31. The van der Waals surface area contributed by atoms with Crippen LogP contribution in [0, 0.1) is 0 Å². The molecule has 0 bridgehead atoms. The molecule has 2 heterocycles. The van der Waals surface area contributed by atoms with Crippen molar-refractivity contribution < 1.29 is 13.2 Å². The van der Waals surface area contributed by atoms with Crippen molar-refractivity contribution in [1.82, 2.24) is 9.21 Å². The largest absolute Gasteiger partial charge is 0.369 e. The summed E-state index contributed by atoms with van der Waals surface area (Å²) < 4.78 is 26.2. The maximum atomic E-state index is 12.6. The molecule has 0 saturated carbocycles. The van der Waals surface area contributed by atoms with E-state index in [0.717, 1.165) is 62.0 Å². The molecule has 4 rings (SSSR count). The van der Waals surface area contributed by atoms with Gasteiger partial charge in [0.25, 0.3) is 15.9 Å². The van der Waals surface area contributed by atoms with Gasteiger partial charge in [0.15, 0.2) is 0 Å². The van der Waals surface area contributed by atoms with Crippen molar-refractivity contribution in [2.75, 3.05) is 44.2 Å². The molecule has 0 N–H and O–H groups in total. The molecule has 0 spiro atoms. The number of hydrogen-bond acceptors (Lipinski definition) is 5. The van der Waals surface area contributed by atoms with E-state index in [0.29, 0.717) is 16.5 Å². The van der Waals surface area contributed by atoms with E-state index >= 15 is 0 Å². The van der Waals surface area contributed by atoms with Crippen LogP contribution in [0.3, 0.4) is 0 Å². The zero-order chi connectivity index (χ0) is 22.7. The lowest BCUT2D eigenvalue weighted by molar-refractivity contribution is 0.0869. The van der Waals surface area contributed by atoms with Crippen molar-refractivity contribution in [3.63, 3.8) is 0 Å². The van der Waals surface area contributed by atoms with E-state index in [1.807, 2.05) is 18.2 Å². The molecule has 2 aliphatic heterocycles. The number of unbranched alkanes of at least 4 members (excludes halogenated alkanes) is 3. The Morgan fingerprint density at radius 1 is 0.812 bits per heavy atom. The average molecular weight is 496 g/mol. The Hall–Kier alpha value is -1.80. The first-order valence-corrected chi connectivity index (χ1v) is 13.2. The van der Waals surface area contributed by atoms with Gasteiger partial charge in [0.1, 0.15) is 4.90 Å². The van der Waals surface area contributed by atoms with Gasteiger partial charge in [-0.1, -0.05) is 48.2 Å². The minimum atomic E-state index is -3.68. The Morgan fingerprint density at radius 2 is 1.50 bits per heavy atom. The monoisotopic (exact) mass is 495 g/mol. The Morgan fingerprint density at radius 3 is 2.19 bits per heavy atom. The molecule has 0 aromatic heterocycles. The number of nitrogens with zero attached hydrogens (tertiary/aromatic N) is 3. The van der Waals surface area contributed by atoms with Crippen LogP contribution >= 0.6 is 23.2 Å². The highest BCUT2D eigenvalue weighted by atomic mass is 35.5. The maximum absolute atomic E-state index is 12.6. The van der Waals surface area contributed by atoms with Crippen molar-refractivity contribution in [1.29, 1.82) is 0 Å². The summed E-state index contributed by atoms with van der Waals surface area (Å²) >= 11 is 12.1. The first-order valence-electron chi connectivity index (χ1n) is 11.0. The molecule has 6 nitrogen and oxygen atoms in total. The molecule has 2 aromatic rings. The third-order valence-electron chi connectivity index (χ3n) is 6.14. The number of halogens is 2. The van der Waals surface area contributed by atoms with Crippen molar-refractivity contribution in [3.8, 4) is 0 Å². The molecule has 172 valence electrons. The number of rotatable bonds is 8. The number of carbonyl (C=O) groups excluding carboxylic acids is 1. The Bertz CT molecular complexity index is 1090. The van der Waals surface area contributed by atoms with Crippen LogP contribution in [0.2, 0.25) is 10.0 Å². The second-order valence-electron chi connectivity index (χ2n) is 8.22. The van der Waals surface area contributed by atoms with E-state index in [9.17, 15) is 13.2 Å². The molecule has 2 aliphatic rings. The Balaban J connectivity index is 1.14. The molecular formula is C23H27Cl2N3O3S. The van der Waals surface area contributed by atoms with Gasteiger partial charge in [-0.2, -0.15) is 0 Å². The standard InChI is InChI=1S/C23H27Cl2N3O3S/c24-20-10-9-18(17-21(20)25)27-15-13-26(14-16-27)11-5-1-2-6-12-28-23(29)19-7-3-4-8-22(19)32(28,30)31/h3-4,7-10,17H,1-2,5-6,11-16H2. The number of amides is 1. The van der Waals surface area contributed by atoms with Crippen molar-refractivity contribution >= 4 is 44.8 Å². The van der Waals surface area contributed by atoms with Gasteiger partial charge < -0.3 is 4.90 Å². The van der Waals surface area contributed by atoms with Crippen LogP contribution in [0.15, 0.2) is 47.4 Å². The summed E-state index contributed by atoms with van der Waals surface area (Å²) in [7, 11) is -3.68. The highest BCUT2D eigenvalue weighted by Gasteiger charge is 2.40. The average Bonchev–Trinajstić information content (AvgIpc) is 2.99. The molecule has 32 heavy (non-hydrogen) atoms. The molecule has 9 heteroatoms. The molecule has 1 fully saturated rings. The molecule has 0 aliphatic carbocycles. The summed E-state index contributed by atoms with van der Waals surface area (Å²) in [4.78, 5) is 17.3.